The minimum atomic E-state index is -1.05. The van der Waals surface area contributed by atoms with E-state index in [-0.39, 0.29) is 25.5 Å². The van der Waals surface area contributed by atoms with Crippen molar-refractivity contribution >= 4 is 35.1 Å². The number of aliphatic carboxylic acids is 1. The van der Waals surface area contributed by atoms with Crippen molar-refractivity contribution in [2.24, 2.45) is 0 Å². The van der Waals surface area contributed by atoms with Crippen LogP contribution in [0.25, 0.3) is 0 Å². The first-order valence-electron chi connectivity index (χ1n) is 5.43. The minimum Gasteiger partial charge on any atom is -0.493 e. The second kappa shape index (κ2) is 7.21. The Labute approximate surface area is 120 Å². The predicted molar refractivity (Wildman–Crippen MR) is 71.8 cm³/mol. The molecule has 0 bridgehead atoms. The topological polar surface area (TPSA) is 66.8 Å². The van der Waals surface area contributed by atoms with E-state index in [1.54, 1.807) is 18.2 Å². The van der Waals surface area contributed by atoms with Crippen molar-refractivity contribution < 1.29 is 19.4 Å². The van der Waals surface area contributed by atoms with Crippen LogP contribution in [0.2, 0.25) is 10.0 Å². The Morgan fingerprint density at radius 3 is 2.58 bits per heavy atom. The highest BCUT2D eigenvalue weighted by Gasteiger charge is 2.12. The summed E-state index contributed by atoms with van der Waals surface area (Å²) in [5.74, 6) is -0.855. The molecule has 1 aromatic rings. The second-order valence-electron chi connectivity index (χ2n) is 3.82. The maximum Gasteiger partial charge on any atom is 0.323 e. The zero-order chi connectivity index (χ0) is 14.4. The minimum absolute atomic E-state index is 0.0873. The number of likely N-dealkylation sites (N-methyl/N-ethyl adjacent to an activating group) is 1. The number of hydrogen-bond donors (Lipinski definition) is 1. The number of amides is 1. The normalized spacial score (nSPS) is 10.1. The van der Waals surface area contributed by atoms with Gasteiger partial charge in [0, 0.05) is 13.1 Å². The molecule has 0 aliphatic rings. The summed E-state index contributed by atoms with van der Waals surface area (Å²) < 4.78 is 5.33. The Kier molecular flexibility index (Phi) is 5.92. The fourth-order valence-electron chi connectivity index (χ4n) is 1.30. The number of benzene rings is 1. The summed E-state index contributed by atoms with van der Waals surface area (Å²) in [6, 6.07) is 4.78. The van der Waals surface area contributed by atoms with Gasteiger partial charge in [-0.15, -0.1) is 0 Å². The monoisotopic (exact) mass is 305 g/mol. The molecular formula is C12H13Cl2NO4. The van der Waals surface area contributed by atoms with E-state index in [4.69, 9.17) is 33.0 Å². The van der Waals surface area contributed by atoms with Crippen molar-refractivity contribution in [3.63, 3.8) is 0 Å². The maximum absolute atomic E-state index is 11.5. The van der Waals surface area contributed by atoms with Crippen molar-refractivity contribution in [1.82, 2.24) is 4.90 Å². The van der Waals surface area contributed by atoms with Crippen molar-refractivity contribution in [1.29, 1.82) is 0 Å². The van der Waals surface area contributed by atoms with Gasteiger partial charge in [-0.2, -0.15) is 0 Å². The average Bonchev–Trinajstić information content (AvgIpc) is 2.32. The molecule has 0 spiro atoms. The molecule has 1 rings (SSSR count). The van der Waals surface area contributed by atoms with E-state index in [0.29, 0.717) is 15.8 Å². The highest BCUT2D eigenvalue weighted by molar-refractivity contribution is 6.42. The molecule has 0 heterocycles. The molecule has 1 aromatic carbocycles. The molecule has 0 aromatic heterocycles. The van der Waals surface area contributed by atoms with Gasteiger partial charge in [0.1, 0.15) is 12.3 Å². The highest BCUT2D eigenvalue weighted by atomic mass is 35.5. The molecule has 0 radical (unpaired) electrons. The third kappa shape index (κ3) is 5.36. The van der Waals surface area contributed by atoms with Gasteiger partial charge in [0.05, 0.1) is 23.1 Å². The first-order valence-corrected chi connectivity index (χ1v) is 6.19. The van der Waals surface area contributed by atoms with E-state index in [1.807, 2.05) is 0 Å². The molecule has 0 fully saturated rings. The second-order valence-corrected chi connectivity index (χ2v) is 4.63. The van der Waals surface area contributed by atoms with Crippen LogP contribution >= 0.6 is 23.2 Å². The number of carbonyl (C=O) groups excluding carboxylic acids is 1. The van der Waals surface area contributed by atoms with Gasteiger partial charge in [-0.05, 0) is 12.1 Å². The van der Waals surface area contributed by atoms with Crippen molar-refractivity contribution in [2.45, 2.75) is 6.42 Å². The number of carboxylic acids is 1. The third-order valence-electron chi connectivity index (χ3n) is 2.27. The van der Waals surface area contributed by atoms with Crippen LogP contribution in [0.1, 0.15) is 6.42 Å². The van der Waals surface area contributed by atoms with Gasteiger partial charge in [0.15, 0.2) is 0 Å². The summed E-state index contributed by atoms with van der Waals surface area (Å²) in [5.41, 5.74) is 0. The SMILES string of the molecule is CN(CC(=O)O)C(=O)CCOc1ccc(Cl)c(Cl)c1. The van der Waals surface area contributed by atoms with Gasteiger partial charge < -0.3 is 14.7 Å². The van der Waals surface area contributed by atoms with Crippen LogP contribution in [0.3, 0.4) is 0 Å². The number of ether oxygens (including phenoxy) is 1. The summed E-state index contributed by atoms with van der Waals surface area (Å²) in [5, 5.41) is 9.33. The molecule has 0 saturated carbocycles. The fourth-order valence-corrected chi connectivity index (χ4v) is 1.59. The lowest BCUT2D eigenvalue weighted by Crippen LogP contribution is -2.32. The number of carbonyl (C=O) groups is 2. The lowest BCUT2D eigenvalue weighted by Gasteiger charge is -2.14. The van der Waals surface area contributed by atoms with Gasteiger partial charge in [-0.3, -0.25) is 9.59 Å². The van der Waals surface area contributed by atoms with E-state index in [2.05, 4.69) is 0 Å². The molecule has 0 aliphatic carbocycles. The smallest absolute Gasteiger partial charge is 0.323 e. The molecule has 7 heteroatoms. The Balaban J connectivity index is 2.39. The number of carboxylic acid groups (broad SMARTS) is 1. The highest BCUT2D eigenvalue weighted by Crippen LogP contribution is 2.26. The molecule has 104 valence electrons. The number of nitrogens with zero attached hydrogens (tertiary/aromatic N) is 1. The number of rotatable bonds is 6. The molecular weight excluding hydrogens is 293 g/mol. The fraction of sp³-hybridized carbons (Fsp3) is 0.333. The molecule has 0 saturated heterocycles. The number of hydrogen-bond acceptors (Lipinski definition) is 3. The van der Waals surface area contributed by atoms with E-state index in [1.165, 1.54) is 7.05 Å². The van der Waals surface area contributed by atoms with Crippen molar-refractivity contribution in [3.05, 3.63) is 28.2 Å². The first kappa shape index (κ1) is 15.6. The van der Waals surface area contributed by atoms with E-state index in [9.17, 15) is 9.59 Å². The Bertz CT molecular complexity index is 479. The van der Waals surface area contributed by atoms with Gasteiger partial charge in [-0.25, -0.2) is 0 Å². The summed E-state index contributed by atoms with van der Waals surface area (Å²) in [4.78, 5) is 23.1. The van der Waals surface area contributed by atoms with Crippen LogP contribution in [-0.2, 0) is 9.59 Å². The predicted octanol–water partition coefficient (Wildman–Crippen LogP) is 2.31. The van der Waals surface area contributed by atoms with Crippen LogP contribution in [0.5, 0.6) is 5.75 Å². The lowest BCUT2D eigenvalue weighted by molar-refractivity contribution is -0.143. The van der Waals surface area contributed by atoms with Gasteiger partial charge in [0.25, 0.3) is 0 Å². The lowest BCUT2D eigenvalue weighted by atomic mass is 10.3. The Morgan fingerprint density at radius 2 is 2.00 bits per heavy atom. The average molecular weight is 306 g/mol. The summed E-state index contributed by atoms with van der Waals surface area (Å²) in [6.07, 6.45) is 0.0873. The summed E-state index contributed by atoms with van der Waals surface area (Å²) in [6.45, 7) is -0.188. The van der Waals surface area contributed by atoms with E-state index >= 15 is 0 Å². The van der Waals surface area contributed by atoms with Crippen LogP contribution in [-0.4, -0.2) is 42.1 Å². The molecule has 0 aliphatic heterocycles. The largest absolute Gasteiger partial charge is 0.493 e. The molecule has 19 heavy (non-hydrogen) atoms. The van der Waals surface area contributed by atoms with E-state index in [0.717, 1.165) is 4.90 Å². The Morgan fingerprint density at radius 1 is 1.32 bits per heavy atom. The maximum atomic E-state index is 11.5. The molecule has 0 unspecified atom stereocenters. The van der Waals surface area contributed by atoms with Crippen molar-refractivity contribution in [3.8, 4) is 5.75 Å². The van der Waals surface area contributed by atoms with Crippen LogP contribution in [0.4, 0.5) is 0 Å². The molecule has 1 amide bonds. The van der Waals surface area contributed by atoms with Gasteiger partial charge >= 0.3 is 5.97 Å². The number of halogens is 2. The first-order chi connectivity index (χ1) is 8.90. The van der Waals surface area contributed by atoms with E-state index < -0.39 is 5.97 Å². The van der Waals surface area contributed by atoms with Gasteiger partial charge in [-0.1, -0.05) is 23.2 Å². The zero-order valence-electron chi connectivity index (χ0n) is 10.2. The van der Waals surface area contributed by atoms with Crippen LogP contribution in [0.15, 0.2) is 18.2 Å². The van der Waals surface area contributed by atoms with Crippen molar-refractivity contribution in [2.75, 3.05) is 20.2 Å². The zero-order valence-corrected chi connectivity index (χ0v) is 11.7. The van der Waals surface area contributed by atoms with Crippen LogP contribution < -0.4 is 4.74 Å². The van der Waals surface area contributed by atoms with Gasteiger partial charge in [0.2, 0.25) is 5.91 Å². The third-order valence-corrected chi connectivity index (χ3v) is 3.01. The molecule has 0 atom stereocenters. The quantitative estimate of drug-likeness (QED) is 0.876. The summed E-state index contributed by atoms with van der Waals surface area (Å²) >= 11 is 11.6. The molecule has 5 nitrogen and oxygen atoms in total. The standard InChI is InChI=1S/C12H13Cl2NO4/c1-15(7-12(17)18)11(16)4-5-19-8-2-3-9(13)10(14)6-8/h2-3,6H,4-5,7H2,1H3,(H,17,18). The Hall–Kier alpha value is -1.46. The molecule has 1 N–H and O–H groups in total. The van der Waals surface area contributed by atoms with Crippen LogP contribution in [0, 0.1) is 0 Å². The summed E-state index contributed by atoms with van der Waals surface area (Å²) in [7, 11) is 1.43.